The molecule has 0 saturated heterocycles. The zero-order valence-electron chi connectivity index (χ0n) is 23.6. The van der Waals surface area contributed by atoms with Crippen LogP contribution in [0.15, 0.2) is 133 Å². The van der Waals surface area contributed by atoms with Crippen LogP contribution in [0.2, 0.25) is 0 Å². The van der Waals surface area contributed by atoms with E-state index in [0.29, 0.717) is 6.04 Å². The first-order valence-corrected chi connectivity index (χ1v) is 14.7. The van der Waals surface area contributed by atoms with Crippen molar-refractivity contribution in [2.75, 3.05) is 0 Å². The van der Waals surface area contributed by atoms with Crippen LogP contribution in [0.5, 0.6) is 0 Å². The van der Waals surface area contributed by atoms with Crippen LogP contribution in [0.1, 0.15) is 19.9 Å². The highest BCUT2D eigenvalue weighted by molar-refractivity contribution is 6.13. The maximum Gasteiger partial charge on any atom is 0.0541 e. The fraction of sp³-hybridized carbons (Fsp3) is 0.0769. The summed E-state index contributed by atoms with van der Waals surface area (Å²) in [6.07, 6.45) is 0. The van der Waals surface area contributed by atoms with Gasteiger partial charge in [0.1, 0.15) is 0 Å². The van der Waals surface area contributed by atoms with Gasteiger partial charge in [0.2, 0.25) is 0 Å². The predicted octanol–water partition coefficient (Wildman–Crippen LogP) is 10.6. The molecule has 0 radical (unpaired) electrons. The molecule has 0 bridgehead atoms. The SMILES string of the molecule is CC(C)n1c2ccc(-n3c4ccccc4c4ccccc43)cc2c2cc(-n3c4ccccc4c4ccccc43)ccc21. The van der Waals surface area contributed by atoms with Gasteiger partial charge < -0.3 is 13.7 Å². The molecule has 200 valence electrons. The second kappa shape index (κ2) is 8.61. The van der Waals surface area contributed by atoms with Crippen molar-refractivity contribution in [1.29, 1.82) is 0 Å². The second-order valence-electron chi connectivity index (χ2n) is 11.6. The van der Waals surface area contributed by atoms with Gasteiger partial charge in [-0.2, -0.15) is 0 Å². The van der Waals surface area contributed by atoms with Crippen molar-refractivity contribution < 1.29 is 0 Å². The van der Waals surface area contributed by atoms with Gasteiger partial charge in [-0.3, -0.25) is 0 Å². The highest BCUT2D eigenvalue weighted by atomic mass is 15.0. The maximum atomic E-state index is 2.48. The van der Waals surface area contributed by atoms with E-state index < -0.39 is 0 Å². The number of para-hydroxylation sites is 4. The normalized spacial score (nSPS) is 12.3. The molecule has 3 nitrogen and oxygen atoms in total. The number of aromatic nitrogens is 3. The van der Waals surface area contributed by atoms with E-state index in [9.17, 15) is 0 Å². The van der Waals surface area contributed by atoms with Gasteiger partial charge >= 0.3 is 0 Å². The Morgan fingerprint density at radius 3 is 1.02 bits per heavy atom. The minimum atomic E-state index is 0.336. The predicted molar refractivity (Wildman–Crippen MR) is 179 cm³/mol. The number of nitrogens with zero attached hydrogens (tertiary/aromatic N) is 3. The quantitative estimate of drug-likeness (QED) is 0.212. The average molecular weight is 540 g/mol. The number of hydrogen-bond acceptors (Lipinski definition) is 0. The fourth-order valence-electron chi connectivity index (χ4n) is 7.27. The molecule has 0 saturated carbocycles. The third kappa shape index (κ3) is 3.11. The first kappa shape index (κ1) is 23.4. The van der Waals surface area contributed by atoms with Crippen molar-refractivity contribution in [2.24, 2.45) is 0 Å². The van der Waals surface area contributed by atoms with E-state index in [4.69, 9.17) is 0 Å². The van der Waals surface area contributed by atoms with Gasteiger partial charge in [0.05, 0.1) is 22.1 Å². The topological polar surface area (TPSA) is 14.8 Å². The lowest BCUT2D eigenvalue weighted by molar-refractivity contribution is 0.642. The highest BCUT2D eigenvalue weighted by Gasteiger charge is 2.18. The van der Waals surface area contributed by atoms with Gasteiger partial charge in [0.15, 0.2) is 0 Å². The Morgan fingerprint density at radius 2 is 0.690 bits per heavy atom. The first-order chi connectivity index (χ1) is 20.7. The Labute approximate surface area is 243 Å². The van der Waals surface area contributed by atoms with Gasteiger partial charge in [-0.1, -0.05) is 72.8 Å². The summed E-state index contributed by atoms with van der Waals surface area (Å²) in [5.41, 5.74) is 9.84. The van der Waals surface area contributed by atoms with Crippen LogP contribution in [0.3, 0.4) is 0 Å². The van der Waals surface area contributed by atoms with E-state index in [-0.39, 0.29) is 0 Å². The molecule has 0 aliphatic rings. The molecule has 0 spiro atoms. The molecule has 0 unspecified atom stereocenters. The third-order valence-electron chi connectivity index (χ3n) is 8.96. The molecule has 9 rings (SSSR count). The molecule has 0 atom stereocenters. The van der Waals surface area contributed by atoms with Crippen molar-refractivity contribution in [3.8, 4) is 11.4 Å². The third-order valence-corrected chi connectivity index (χ3v) is 8.96. The van der Waals surface area contributed by atoms with Crippen molar-refractivity contribution >= 4 is 65.4 Å². The lowest BCUT2D eigenvalue weighted by Gasteiger charge is -2.13. The van der Waals surface area contributed by atoms with Crippen molar-refractivity contribution in [2.45, 2.75) is 19.9 Å². The molecule has 3 heterocycles. The van der Waals surface area contributed by atoms with Gasteiger partial charge in [0.25, 0.3) is 0 Å². The monoisotopic (exact) mass is 539 g/mol. The van der Waals surface area contributed by atoms with E-state index in [2.05, 4.69) is 161 Å². The Balaban J connectivity index is 1.36. The molecular formula is C39H29N3. The highest BCUT2D eigenvalue weighted by Crippen LogP contribution is 2.39. The van der Waals surface area contributed by atoms with Gasteiger partial charge in [-0.15, -0.1) is 0 Å². The van der Waals surface area contributed by atoms with E-state index in [1.165, 1.54) is 76.8 Å². The summed E-state index contributed by atoms with van der Waals surface area (Å²) in [6, 6.07) is 49.3. The molecule has 0 N–H and O–H groups in total. The lowest BCUT2D eigenvalue weighted by atomic mass is 10.1. The summed E-state index contributed by atoms with van der Waals surface area (Å²) >= 11 is 0. The standard InChI is InChI=1S/C39H29N3/c1-25(2)40-38-21-19-26(41-34-15-7-3-11-28(34)29-12-4-8-16-35(29)41)23-32(38)33-24-27(20-22-39(33)40)42-36-17-9-5-13-30(36)31-14-6-10-18-37(31)42/h3-25H,1-2H3. The second-order valence-corrected chi connectivity index (χ2v) is 11.6. The van der Waals surface area contributed by atoms with Gasteiger partial charge in [-0.05, 0) is 74.5 Å². The zero-order chi connectivity index (χ0) is 27.9. The van der Waals surface area contributed by atoms with Crippen molar-refractivity contribution in [3.63, 3.8) is 0 Å². The van der Waals surface area contributed by atoms with Gasteiger partial charge in [-0.25, -0.2) is 0 Å². The smallest absolute Gasteiger partial charge is 0.0541 e. The summed E-state index contributed by atoms with van der Waals surface area (Å²) in [5.74, 6) is 0. The lowest BCUT2D eigenvalue weighted by Crippen LogP contribution is -2.00. The molecule has 0 aliphatic carbocycles. The van der Waals surface area contributed by atoms with E-state index in [1.54, 1.807) is 0 Å². The summed E-state index contributed by atoms with van der Waals surface area (Å²) in [7, 11) is 0. The van der Waals surface area contributed by atoms with Crippen LogP contribution < -0.4 is 0 Å². The molecule has 0 fully saturated rings. The number of rotatable bonds is 3. The number of benzene rings is 6. The van der Waals surface area contributed by atoms with Gasteiger partial charge in [0, 0.05) is 60.8 Å². The van der Waals surface area contributed by atoms with Crippen LogP contribution in [-0.2, 0) is 0 Å². The molecule has 0 amide bonds. The molecule has 3 heteroatoms. The number of fused-ring (bicyclic) bond motifs is 9. The minimum absolute atomic E-state index is 0.336. The fourth-order valence-corrected chi connectivity index (χ4v) is 7.27. The first-order valence-electron chi connectivity index (χ1n) is 14.7. The summed E-state index contributed by atoms with van der Waals surface area (Å²) in [6.45, 7) is 4.56. The average Bonchev–Trinajstić information content (AvgIpc) is 3.66. The van der Waals surface area contributed by atoms with Crippen molar-refractivity contribution in [3.05, 3.63) is 133 Å². The van der Waals surface area contributed by atoms with E-state index >= 15 is 0 Å². The summed E-state index contributed by atoms with van der Waals surface area (Å²) in [5, 5.41) is 7.69. The molecule has 6 aromatic carbocycles. The minimum Gasteiger partial charge on any atom is -0.338 e. The molecule has 3 aromatic heterocycles. The summed E-state index contributed by atoms with van der Waals surface area (Å²) < 4.78 is 7.31. The number of hydrogen-bond donors (Lipinski definition) is 0. The summed E-state index contributed by atoms with van der Waals surface area (Å²) in [4.78, 5) is 0. The van der Waals surface area contributed by atoms with Crippen molar-refractivity contribution in [1.82, 2.24) is 13.7 Å². The van der Waals surface area contributed by atoms with Crippen LogP contribution >= 0.6 is 0 Å². The Morgan fingerprint density at radius 1 is 0.357 bits per heavy atom. The van der Waals surface area contributed by atoms with Crippen LogP contribution in [0.25, 0.3) is 76.8 Å². The zero-order valence-corrected chi connectivity index (χ0v) is 23.6. The van der Waals surface area contributed by atoms with E-state index in [0.717, 1.165) is 0 Å². The van der Waals surface area contributed by atoms with E-state index in [1.807, 2.05) is 0 Å². The van der Waals surface area contributed by atoms with Crippen LogP contribution in [0.4, 0.5) is 0 Å². The van der Waals surface area contributed by atoms with Crippen LogP contribution in [0, 0.1) is 0 Å². The van der Waals surface area contributed by atoms with Crippen LogP contribution in [-0.4, -0.2) is 13.7 Å². The Hall–Kier alpha value is -5.28. The Kier molecular flexibility index (Phi) is 4.80. The largest absolute Gasteiger partial charge is 0.338 e. The maximum absolute atomic E-state index is 2.48. The molecule has 9 aromatic rings. The Bertz CT molecular complexity index is 2220. The molecular weight excluding hydrogens is 510 g/mol. The molecule has 0 aliphatic heterocycles. The molecule has 42 heavy (non-hydrogen) atoms.